The number of hydrogen-bond acceptors (Lipinski definition) is 6. The average molecular weight is 449 g/mol. The maximum absolute atomic E-state index is 12.0. The van der Waals surface area contributed by atoms with Gasteiger partial charge in [0.05, 0.1) is 17.3 Å². The van der Waals surface area contributed by atoms with E-state index in [9.17, 15) is 9.59 Å². The van der Waals surface area contributed by atoms with Gasteiger partial charge in [-0.2, -0.15) is 5.10 Å². The summed E-state index contributed by atoms with van der Waals surface area (Å²) in [6.45, 7) is 2.16. The lowest BCUT2D eigenvalue weighted by Gasteiger charge is -2.16. The molecule has 1 aromatic carbocycles. The predicted octanol–water partition coefficient (Wildman–Crippen LogP) is 2.47. The zero-order valence-corrected chi connectivity index (χ0v) is 17.4. The summed E-state index contributed by atoms with van der Waals surface area (Å²) in [5.41, 5.74) is 3.58. The number of hydrogen-bond donors (Lipinski definition) is 1. The smallest absolute Gasteiger partial charge is 0.271 e. The van der Waals surface area contributed by atoms with Crippen LogP contribution in [0.25, 0.3) is 0 Å². The van der Waals surface area contributed by atoms with E-state index < -0.39 is 0 Å². The summed E-state index contributed by atoms with van der Waals surface area (Å²) < 4.78 is 11.8. The Morgan fingerprint density at radius 2 is 1.96 bits per heavy atom. The molecule has 0 fully saturated rings. The number of nitrogens with zero attached hydrogens (tertiary/aromatic N) is 3. The summed E-state index contributed by atoms with van der Waals surface area (Å²) in [7, 11) is 3.31. The van der Waals surface area contributed by atoms with Crippen molar-refractivity contribution in [1.29, 1.82) is 0 Å². The summed E-state index contributed by atoms with van der Waals surface area (Å²) in [4.78, 5) is 29.1. The molecule has 0 spiro atoms. The van der Waals surface area contributed by atoms with Gasteiger partial charge < -0.3 is 14.4 Å². The van der Waals surface area contributed by atoms with Crippen LogP contribution in [0, 0.1) is 0 Å². The number of nitrogens with one attached hydrogen (secondary N) is 1. The molecule has 1 N–H and O–H groups in total. The first-order valence-corrected chi connectivity index (χ1v) is 9.24. The van der Waals surface area contributed by atoms with Crippen LogP contribution in [0.15, 0.2) is 46.2 Å². The van der Waals surface area contributed by atoms with E-state index in [1.54, 1.807) is 38.4 Å². The molecule has 0 aliphatic heterocycles. The maximum Gasteiger partial charge on any atom is 0.271 e. The van der Waals surface area contributed by atoms with Gasteiger partial charge in [0.1, 0.15) is 0 Å². The minimum Gasteiger partial charge on any atom is -0.490 e. The minimum atomic E-state index is -0.343. The van der Waals surface area contributed by atoms with E-state index in [0.29, 0.717) is 33.7 Å². The van der Waals surface area contributed by atoms with Crippen molar-refractivity contribution in [2.45, 2.75) is 6.92 Å². The lowest BCUT2D eigenvalue weighted by atomic mass is 10.2. The van der Waals surface area contributed by atoms with Gasteiger partial charge in [0.25, 0.3) is 11.8 Å². The Morgan fingerprint density at radius 1 is 1.25 bits per heavy atom. The fourth-order valence-electron chi connectivity index (χ4n) is 2.06. The molecule has 0 aliphatic carbocycles. The van der Waals surface area contributed by atoms with E-state index in [1.807, 2.05) is 6.92 Å². The number of halogens is 1. The van der Waals surface area contributed by atoms with Crippen LogP contribution in [-0.2, 0) is 4.79 Å². The molecular formula is C19H21BrN4O4. The van der Waals surface area contributed by atoms with Crippen molar-refractivity contribution in [3.05, 3.63) is 52.3 Å². The first-order chi connectivity index (χ1) is 13.4. The third-order valence-electron chi connectivity index (χ3n) is 3.49. The van der Waals surface area contributed by atoms with Crippen LogP contribution in [0.5, 0.6) is 11.5 Å². The van der Waals surface area contributed by atoms with E-state index in [4.69, 9.17) is 9.47 Å². The fourth-order valence-corrected chi connectivity index (χ4v) is 2.64. The summed E-state index contributed by atoms with van der Waals surface area (Å²) in [5, 5.41) is 3.96. The number of aromatic nitrogens is 1. The number of hydrazone groups is 1. The van der Waals surface area contributed by atoms with Gasteiger partial charge in [0.15, 0.2) is 18.1 Å². The number of ether oxygens (including phenoxy) is 2. The predicted molar refractivity (Wildman–Crippen MR) is 109 cm³/mol. The molecule has 0 atom stereocenters. The third-order valence-corrected chi connectivity index (χ3v) is 4.08. The van der Waals surface area contributed by atoms with Crippen LogP contribution in [0.4, 0.5) is 0 Å². The van der Waals surface area contributed by atoms with Gasteiger partial charge in [0, 0.05) is 32.1 Å². The Bertz CT molecular complexity index is 857. The Kier molecular flexibility index (Phi) is 7.94. The minimum absolute atomic E-state index is 0.110. The monoisotopic (exact) mass is 448 g/mol. The molecular weight excluding hydrogens is 428 g/mol. The second kappa shape index (κ2) is 10.4. The second-order valence-electron chi connectivity index (χ2n) is 5.77. The molecule has 0 unspecified atom stereocenters. The zero-order chi connectivity index (χ0) is 20.5. The van der Waals surface area contributed by atoms with E-state index in [0.717, 1.165) is 0 Å². The molecule has 0 bridgehead atoms. The van der Waals surface area contributed by atoms with Gasteiger partial charge in [-0.05, 0) is 52.7 Å². The van der Waals surface area contributed by atoms with Crippen molar-refractivity contribution >= 4 is 34.0 Å². The summed E-state index contributed by atoms with van der Waals surface area (Å²) in [6.07, 6.45) is 4.55. The second-order valence-corrected chi connectivity index (χ2v) is 6.63. The van der Waals surface area contributed by atoms with E-state index in [2.05, 4.69) is 31.4 Å². The molecule has 0 aliphatic rings. The number of pyridine rings is 1. The SMILES string of the molecule is CCOc1cc(C=NNC(=O)c2ccncc2)cc(Br)c1OCC(=O)N(C)C. The van der Waals surface area contributed by atoms with Crippen LogP contribution in [-0.4, -0.2) is 55.2 Å². The summed E-state index contributed by atoms with van der Waals surface area (Å²) in [5.74, 6) is 0.379. The molecule has 0 radical (unpaired) electrons. The van der Waals surface area contributed by atoms with Gasteiger partial charge in [-0.15, -0.1) is 0 Å². The first kappa shape index (κ1) is 21.4. The Morgan fingerprint density at radius 3 is 2.61 bits per heavy atom. The van der Waals surface area contributed by atoms with Crippen LogP contribution in [0.1, 0.15) is 22.8 Å². The molecule has 1 heterocycles. The van der Waals surface area contributed by atoms with Crippen LogP contribution >= 0.6 is 15.9 Å². The molecule has 148 valence electrons. The van der Waals surface area contributed by atoms with Gasteiger partial charge in [-0.3, -0.25) is 14.6 Å². The number of carbonyl (C=O) groups is 2. The topological polar surface area (TPSA) is 93.1 Å². The fraction of sp³-hybridized carbons (Fsp3) is 0.263. The van der Waals surface area contributed by atoms with Crippen molar-refractivity contribution in [2.75, 3.05) is 27.3 Å². The molecule has 2 aromatic rings. The van der Waals surface area contributed by atoms with Crippen LogP contribution < -0.4 is 14.9 Å². The van der Waals surface area contributed by atoms with E-state index >= 15 is 0 Å². The quantitative estimate of drug-likeness (QED) is 0.494. The molecule has 9 heteroatoms. The molecule has 8 nitrogen and oxygen atoms in total. The first-order valence-electron chi connectivity index (χ1n) is 8.45. The number of carbonyl (C=O) groups excluding carboxylic acids is 2. The number of amides is 2. The van der Waals surface area contributed by atoms with Gasteiger partial charge in [-0.25, -0.2) is 5.43 Å². The van der Waals surface area contributed by atoms with E-state index in [-0.39, 0.29) is 18.4 Å². The summed E-state index contributed by atoms with van der Waals surface area (Å²) >= 11 is 3.43. The van der Waals surface area contributed by atoms with Crippen LogP contribution in [0.2, 0.25) is 0 Å². The Hall–Kier alpha value is -2.94. The maximum atomic E-state index is 12.0. The number of benzene rings is 1. The third kappa shape index (κ3) is 6.05. The van der Waals surface area contributed by atoms with Crippen molar-refractivity contribution < 1.29 is 19.1 Å². The van der Waals surface area contributed by atoms with Crippen molar-refractivity contribution in [3.8, 4) is 11.5 Å². The molecule has 28 heavy (non-hydrogen) atoms. The highest BCUT2D eigenvalue weighted by molar-refractivity contribution is 9.10. The molecule has 2 rings (SSSR count). The van der Waals surface area contributed by atoms with Gasteiger partial charge in [0.2, 0.25) is 0 Å². The van der Waals surface area contributed by atoms with Crippen molar-refractivity contribution in [3.63, 3.8) is 0 Å². The molecule has 1 aromatic heterocycles. The Labute approximate surface area is 171 Å². The molecule has 0 saturated heterocycles. The van der Waals surface area contributed by atoms with Crippen molar-refractivity contribution in [1.82, 2.24) is 15.3 Å². The highest BCUT2D eigenvalue weighted by atomic mass is 79.9. The van der Waals surface area contributed by atoms with Crippen LogP contribution in [0.3, 0.4) is 0 Å². The molecule has 0 saturated carbocycles. The highest BCUT2D eigenvalue weighted by Gasteiger charge is 2.14. The average Bonchev–Trinajstić information content (AvgIpc) is 2.68. The normalized spacial score (nSPS) is 10.6. The van der Waals surface area contributed by atoms with Crippen molar-refractivity contribution in [2.24, 2.45) is 5.10 Å². The van der Waals surface area contributed by atoms with Gasteiger partial charge in [-0.1, -0.05) is 0 Å². The number of rotatable bonds is 8. The number of likely N-dealkylation sites (N-methyl/N-ethyl adjacent to an activating group) is 1. The molecule has 2 amide bonds. The lowest BCUT2D eigenvalue weighted by Crippen LogP contribution is -2.27. The zero-order valence-electron chi connectivity index (χ0n) is 15.8. The van der Waals surface area contributed by atoms with Gasteiger partial charge >= 0.3 is 0 Å². The largest absolute Gasteiger partial charge is 0.490 e. The standard InChI is InChI=1S/C19H21BrN4O4/c1-4-27-16-10-13(9-15(20)18(16)28-12-17(25)24(2)3)11-22-23-19(26)14-5-7-21-8-6-14/h5-11H,4,12H2,1-3H3,(H,23,26). The Balaban J connectivity index is 2.12. The van der Waals surface area contributed by atoms with E-state index in [1.165, 1.54) is 23.5 Å². The highest BCUT2D eigenvalue weighted by Crippen LogP contribution is 2.36. The summed E-state index contributed by atoms with van der Waals surface area (Å²) in [6, 6.07) is 6.65. The lowest BCUT2D eigenvalue weighted by molar-refractivity contribution is -0.130.